The van der Waals surface area contributed by atoms with Gasteiger partial charge in [0.15, 0.2) is 10.4 Å². The van der Waals surface area contributed by atoms with Crippen molar-refractivity contribution in [1.29, 1.82) is 0 Å². The minimum Gasteiger partial charge on any atom is -0.327 e. The highest BCUT2D eigenvalue weighted by molar-refractivity contribution is 9.10. The minimum atomic E-state index is -0.296. The summed E-state index contributed by atoms with van der Waals surface area (Å²) >= 11 is 8.72. The van der Waals surface area contributed by atoms with Crippen LogP contribution in [0, 0.1) is 17.5 Å². The Bertz CT molecular complexity index is 845. The first-order chi connectivity index (χ1) is 8.99. The second kappa shape index (κ2) is 4.28. The van der Waals surface area contributed by atoms with E-state index in [9.17, 15) is 4.39 Å². The van der Waals surface area contributed by atoms with Gasteiger partial charge in [0.2, 0.25) is 0 Å². The molecule has 0 fully saturated rings. The van der Waals surface area contributed by atoms with Crippen molar-refractivity contribution in [1.82, 2.24) is 19.3 Å². The first-order valence-corrected chi connectivity index (χ1v) is 6.79. The number of nitrogens with zero attached hydrogens (tertiary/aromatic N) is 3. The van der Waals surface area contributed by atoms with Gasteiger partial charge in [-0.05, 0) is 53.3 Å². The van der Waals surface area contributed by atoms with Gasteiger partial charge in [-0.1, -0.05) is 0 Å². The van der Waals surface area contributed by atoms with E-state index in [1.165, 1.54) is 12.1 Å². The lowest BCUT2D eigenvalue weighted by molar-refractivity contribution is 0.626. The molecule has 3 aromatic rings. The molecule has 0 bridgehead atoms. The Morgan fingerprint density at radius 3 is 2.84 bits per heavy atom. The van der Waals surface area contributed by atoms with Crippen LogP contribution in [-0.2, 0) is 7.05 Å². The molecular formula is C12H10BrFN4S. The van der Waals surface area contributed by atoms with Gasteiger partial charge in [0.25, 0.3) is 0 Å². The van der Waals surface area contributed by atoms with E-state index in [2.05, 4.69) is 26.0 Å². The molecule has 1 N–H and O–H groups in total. The number of fused-ring (bicyclic) bond motifs is 1. The molecule has 4 nitrogen and oxygen atoms in total. The molecule has 98 valence electrons. The van der Waals surface area contributed by atoms with Crippen LogP contribution < -0.4 is 0 Å². The van der Waals surface area contributed by atoms with Crippen LogP contribution in [0.4, 0.5) is 4.39 Å². The summed E-state index contributed by atoms with van der Waals surface area (Å²) in [7, 11) is 1.85. The number of rotatable bonds is 1. The van der Waals surface area contributed by atoms with E-state index in [-0.39, 0.29) is 5.82 Å². The van der Waals surface area contributed by atoms with E-state index in [0.717, 1.165) is 22.5 Å². The van der Waals surface area contributed by atoms with Gasteiger partial charge >= 0.3 is 0 Å². The predicted molar refractivity (Wildman–Crippen MR) is 77.6 cm³/mol. The van der Waals surface area contributed by atoms with Crippen LogP contribution in [0.2, 0.25) is 0 Å². The maximum absolute atomic E-state index is 13.2. The number of halogens is 2. The van der Waals surface area contributed by atoms with Gasteiger partial charge in [-0.25, -0.2) is 9.07 Å². The SMILES string of the molecule is Cc1nn(C)c2c1[nH]c(=S)n2-c1ccc(F)cc1Br. The zero-order valence-electron chi connectivity index (χ0n) is 10.2. The number of aryl methyl sites for hydroxylation is 2. The molecule has 2 heterocycles. The fourth-order valence-electron chi connectivity index (χ4n) is 2.19. The first kappa shape index (κ1) is 12.6. The molecule has 0 amide bonds. The van der Waals surface area contributed by atoms with Crippen LogP contribution in [0.1, 0.15) is 5.69 Å². The number of aromatic amines is 1. The molecule has 0 aliphatic rings. The van der Waals surface area contributed by atoms with Crippen molar-refractivity contribution in [2.24, 2.45) is 7.05 Å². The molecule has 0 saturated heterocycles. The van der Waals surface area contributed by atoms with Crippen molar-refractivity contribution in [2.75, 3.05) is 0 Å². The molecule has 0 aliphatic carbocycles. The van der Waals surface area contributed by atoms with E-state index < -0.39 is 0 Å². The predicted octanol–water partition coefficient (Wildman–Crippen LogP) is 3.63. The van der Waals surface area contributed by atoms with Crippen molar-refractivity contribution in [3.63, 3.8) is 0 Å². The Hall–Kier alpha value is -1.47. The van der Waals surface area contributed by atoms with Gasteiger partial charge in [0.1, 0.15) is 11.3 Å². The van der Waals surface area contributed by atoms with Crippen molar-refractivity contribution in [3.8, 4) is 5.69 Å². The molecule has 1 aromatic carbocycles. The molecule has 7 heteroatoms. The Kier molecular flexibility index (Phi) is 2.83. The van der Waals surface area contributed by atoms with Crippen LogP contribution in [0.15, 0.2) is 22.7 Å². The lowest BCUT2D eigenvalue weighted by Crippen LogP contribution is -2.01. The molecule has 0 spiro atoms. The fraction of sp³-hybridized carbons (Fsp3) is 0.167. The van der Waals surface area contributed by atoms with E-state index >= 15 is 0 Å². The van der Waals surface area contributed by atoms with Gasteiger partial charge in [0, 0.05) is 11.5 Å². The molecule has 0 radical (unpaired) electrons. The summed E-state index contributed by atoms with van der Waals surface area (Å²) < 4.78 is 18.0. The molecular weight excluding hydrogens is 331 g/mol. The van der Waals surface area contributed by atoms with Gasteiger partial charge in [-0.2, -0.15) is 5.10 Å². The van der Waals surface area contributed by atoms with Gasteiger partial charge in [-0.15, -0.1) is 0 Å². The average Bonchev–Trinajstić information content (AvgIpc) is 2.79. The number of benzene rings is 1. The maximum atomic E-state index is 13.2. The number of imidazole rings is 1. The highest BCUT2D eigenvalue weighted by Gasteiger charge is 2.15. The number of aromatic nitrogens is 4. The summed E-state index contributed by atoms with van der Waals surface area (Å²) in [4.78, 5) is 3.14. The van der Waals surface area contributed by atoms with Crippen molar-refractivity contribution in [2.45, 2.75) is 6.92 Å². The van der Waals surface area contributed by atoms with Crippen LogP contribution in [0.25, 0.3) is 16.9 Å². The monoisotopic (exact) mass is 340 g/mol. The van der Waals surface area contributed by atoms with E-state index in [1.807, 2.05) is 18.5 Å². The fourth-order valence-corrected chi connectivity index (χ4v) is 3.01. The Labute approximate surface area is 122 Å². The number of nitrogens with one attached hydrogen (secondary N) is 1. The zero-order chi connectivity index (χ0) is 13.7. The second-order valence-corrected chi connectivity index (χ2v) is 5.51. The Balaban J connectivity index is 2.42. The largest absolute Gasteiger partial charge is 0.327 e. The van der Waals surface area contributed by atoms with Crippen molar-refractivity contribution >= 4 is 39.3 Å². The van der Waals surface area contributed by atoms with E-state index in [0.29, 0.717) is 9.24 Å². The molecule has 0 unspecified atom stereocenters. The molecule has 2 aromatic heterocycles. The van der Waals surface area contributed by atoms with Crippen LogP contribution >= 0.6 is 28.1 Å². The molecule has 0 atom stereocenters. The summed E-state index contributed by atoms with van der Waals surface area (Å²) in [5.74, 6) is -0.296. The number of hydrogen-bond donors (Lipinski definition) is 1. The third kappa shape index (κ3) is 1.84. The minimum absolute atomic E-state index is 0.296. The Morgan fingerprint density at radius 1 is 1.42 bits per heavy atom. The van der Waals surface area contributed by atoms with Crippen molar-refractivity contribution in [3.05, 3.63) is 39.0 Å². The van der Waals surface area contributed by atoms with Gasteiger partial charge < -0.3 is 4.98 Å². The highest BCUT2D eigenvalue weighted by Crippen LogP contribution is 2.27. The topological polar surface area (TPSA) is 38.5 Å². The lowest BCUT2D eigenvalue weighted by atomic mass is 10.3. The van der Waals surface area contributed by atoms with E-state index in [1.54, 1.807) is 10.7 Å². The third-order valence-electron chi connectivity index (χ3n) is 2.99. The smallest absolute Gasteiger partial charge is 0.184 e. The second-order valence-electron chi connectivity index (χ2n) is 4.27. The lowest BCUT2D eigenvalue weighted by Gasteiger charge is -2.07. The summed E-state index contributed by atoms with van der Waals surface area (Å²) in [6.45, 7) is 1.91. The summed E-state index contributed by atoms with van der Waals surface area (Å²) in [5.41, 5.74) is 3.40. The van der Waals surface area contributed by atoms with E-state index in [4.69, 9.17) is 12.2 Å². The Morgan fingerprint density at radius 2 is 2.16 bits per heavy atom. The maximum Gasteiger partial charge on any atom is 0.184 e. The van der Waals surface area contributed by atoms with Crippen LogP contribution in [0.3, 0.4) is 0 Å². The standard InChI is InChI=1S/C12H10BrFN4S/c1-6-10-11(17(2)16-6)18(12(19)15-10)9-4-3-7(14)5-8(9)13/h3-5H,1-2H3,(H,15,19). The van der Waals surface area contributed by atoms with Gasteiger partial charge in [-0.3, -0.25) is 4.57 Å². The average molecular weight is 341 g/mol. The molecule has 0 saturated carbocycles. The van der Waals surface area contributed by atoms with Gasteiger partial charge in [0.05, 0.1) is 11.4 Å². The third-order valence-corrected chi connectivity index (χ3v) is 3.91. The summed E-state index contributed by atoms with van der Waals surface area (Å²) in [5, 5.41) is 4.35. The zero-order valence-corrected chi connectivity index (χ0v) is 12.6. The molecule has 3 rings (SSSR count). The summed E-state index contributed by atoms with van der Waals surface area (Å²) in [6, 6.07) is 4.51. The number of hydrogen-bond acceptors (Lipinski definition) is 2. The van der Waals surface area contributed by atoms with Crippen LogP contribution in [0.5, 0.6) is 0 Å². The quantitative estimate of drug-likeness (QED) is 0.687. The normalized spacial score (nSPS) is 11.4. The van der Waals surface area contributed by atoms with Crippen molar-refractivity contribution < 1.29 is 4.39 Å². The van der Waals surface area contributed by atoms with Crippen LogP contribution in [-0.4, -0.2) is 19.3 Å². The highest BCUT2D eigenvalue weighted by atomic mass is 79.9. The molecule has 19 heavy (non-hydrogen) atoms. The summed E-state index contributed by atoms with van der Waals surface area (Å²) in [6.07, 6.45) is 0. The first-order valence-electron chi connectivity index (χ1n) is 5.59. The molecule has 0 aliphatic heterocycles. The number of H-pyrrole nitrogens is 1.